The molecule has 4 nitrogen and oxygen atoms in total. The summed E-state index contributed by atoms with van der Waals surface area (Å²) >= 11 is 2.92. The molecule has 0 fully saturated rings. The molecule has 1 amide bonds. The van der Waals surface area contributed by atoms with E-state index in [0.29, 0.717) is 16.6 Å². The van der Waals surface area contributed by atoms with Gasteiger partial charge >= 0.3 is 0 Å². The van der Waals surface area contributed by atoms with Crippen molar-refractivity contribution in [3.8, 4) is 0 Å². The number of nitrogens with one attached hydrogen (secondary N) is 1. The normalized spacial score (nSPS) is 14.4. The highest BCUT2D eigenvalue weighted by Crippen LogP contribution is 2.27. The molecular weight excluding hydrogens is 256 g/mol. The molecule has 1 N–H and O–H groups in total. The summed E-state index contributed by atoms with van der Waals surface area (Å²) in [5, 5.41) is 5.38. The van der Waals surface area contributed by atoms with E-state index >= 15 is 0 Å². The largest absolute Gasteiger partial charge is 0.375 e. The van der Waals surface area contributed by atoms with E-state index in [9.17, 15) is 4.79 Å². The number of thiophene rings is 1. The Morgan fingerprint density at radius 3 is 3.24 bits per heavy atom. The zero-order valence-corrected chi connectivity index (χ0v) is 10.6. The summed E-state index contributed by atoms with van der Waals surface area (Å²) < 4.78 is 5.35. The maximum Gasteiger partial charge on any atom is 0.267 e. The van der Waals surface area contributed by atoms with Crippen molar-refractivity contribution in [2.75, 3.05) is 11.9 Å². The lowest BCUT2D eigenvalue weighted by Crippen LogP contribution is -2.10. The summed E-state index contributed by atoms with van der Waals surface area (Å²) in [5.41, 5.74) is 1.06. The quantitative estimate of drug-likeness (QED) is 0.908. The lowest BCUT2D eigenvalue weighted by atomic mass is 10.2. The number of hydrogen-bond acceptors (Lipinski definition) is 5. The first-order valence-electron chi connectivity index (χ1n) is 5.24. The van der Waals surface area contributed by atoms with Gasteiger partial charge in [-0.25, -0.2) is 4.98 Å². The lowest BCUT2D eigenvalue weighted by molar-refractivity contribution is 0.103. The number of nitrogens with zero attached hydrogens (tertiary/aromatic N) is 1. The maximum atomic E-state index is 11.8. The van der Waals surface area contributed by atoms with Crippen LogP contribution in [0.15, 0.2) is 17.5 Å². The first-order chi connectivity index (χ1) is 8.33. The van der Waals surface area contributed by atoms with Gasteiger partial charge in [0.05, 0.1) is 28.7 Å². The zero-order valence-electron chi connectivity index (χ0n) is 8.93. The predicted molar refractivity (Wildman–Crippen MR) is 67.7 cm³/mol. The highest BCUT2D eigenvalue weighted by Gasteiger charge is 2.17. The Morgan fingerprint density at radius 2 is 2.47 bits per heavy atom. The Hall–Kier alpha value is -1.24. The molecule has 0 atom stereocenters. The Labute approximate surface area is 106 Å². The number of thiazole rings is 1. The summed E-state index contributed by atoms with van der Waals surface area (Å²) in [7, 11) is 0. The molecule has 0 saturated carbocycles. The molecule has 0 spiro atoms. The fraction of sp³-hybridized carbons (Fsp3) is 0.273. The van der Waals surface area contributed by atoms with Crippen LogP contribution in [0.4, 0.5) is 5.13 Å². The Bertz CT molecular complexity index is 510. The molecule has 88 valence electrons. The van der Waals surface area contributed by atoms with Crippen LogP contribution >= 0.6 is 22.7 Å². The van der Waals surface area contributed by atoms with Gasteiger partial charge in [-0.1, -0.05) is 17.4 Å². The SMILES string of the molecule is O=C(Nc1nc2c(s1)COCC2)c1cccs1. The van der Waals surface area contributed by atoms with Crippen LogP contribution in [0.25, 0.3) is 0 Å². The van der Waals surface area contributed by atoms with Gasteiger partial charge in [-0.05, 0) is 11.4 Å². The van der Waals surface area contributed by atoms with Gasteiger partial charge in [-0.2, -0.15) is 0 Å². The first-order valence-corrected chi connectivity index (χ1v) is 6.94. The fourth-order valence-corrected chi connectivity index (χ4v) is 3.20. The minimum absolute atomic E-state index is 0.0907. The van der Waals surface area contributed by atoms with Crippen LogP contribution in [0.5, 0.6) is 0 Å². The van der Waals surface area contributed by atoms with Crippen molar-refractivity contribution in [2.24, 2.45) is 0 Å². The average Bonchev–Trinajstić information content (AvgIpc) is 2.97. The van der Waals surface area contributed by atoms with Crippen LogP contribution < -0.4 is 5.32 Å². The second-order valence-electron chi connectivity index (χ2n) is 3.62. The van der Waals surface area contributed by atoms with Crippen LogP contribution in [0.1, 0.15) is 20.2 Å². The summed E-state index contributed by atoms with van der Waals surface area (Å²) in [6.45, 7) is 1.33. The van der Waals surface area contributed by atoms with Crippen LogP contribution in [-0.2, 0) is 17.8 Å². The minimum Gasteiger partial charge on any atom is -0.375 e. The number of amides is 1. The molecule has 0 bridgehead atoms. The summed E-state index contributed by atoms with van der Waals surface area (Å²) in [6.07, 6.45) is 0.834. The van der Waals surface area contributed by atoms with E-state index in [1.807, 2.05) is 11.4 Å². The van der Waals surface area contributed by atoms with E-state index in [0.717, 1.165) is 23.6 Å². The first kappa shape index (κ1) is 10.9. The van der Waals surface area contributed by atoms with E-state index in [1.54, 1.807) is 6.07 Å². The van der Waals surface area contributed by atoms with Crippen molar-refractivity contribution in [2.45, 2.75) is 13.0 Å². The van der Waals surface area contributed by atoms with E-state index in [1.165, 1.54) is 22.7 Å². The molecule has 0 radical (unpaired) electrons. The topological polar surface area (TPSA) is 51.2 Å². The van der Waals surface area contributed by atoms with E-state index in [-0.39, 0.29) is 5.91 Å². The number of carbonyl (C=O) groups is 1. The Kier molecular flexibility index (Phi) is 2.92. The molecule has 3 rings (SSSR count). The molecule has 1 aliphatic rings. The van der Waals surface area contributed by atoms with Crippen molar-refractivity contribution < 1.29 is 9.53 Å². The van der Waals surface area contributed by atoms with Crippen molar-refractivity contribution in [3.05, 3.63) is 33.0 Å². The smallest absolute Gasteiger partial charge is 0.267 e. The third-order valence-electron chi connectivity index (χ3n) is 2.46. The number of ether oxygens (including phenoxy) is 1. The van der Waals surface area contributed by atoms with Gasteiger partial charge in [0.2, 0.25) is 0 Å². The molecule has 0 aromatic carbocycles. The summed E-state index contributed by atoms with van der Waals surface area (Å²) in [5.74, 6) is -0.0907. The van der Waals surface area contributed by atoms with Gasteiger partial charge in [-0.3, -0.25) is 10.1 Å². The molecule has 6 heteroatoms. The van der Waals surface area contributed by atoms with Gasteiger partial charge in [-0.15, -0.1) is 11.3 Å². The second kappa shape index (κ2) is 4.56. The average molecular weight is 266 g/mol. The van der Waals surface area contributed by atoms with Crippen LogP contribution in [0.2, 0.25) is 0 Å². The summed E-state index contributed by atoms with van der Waals surface area (Å²) in [6, 6.07) is 3.66. The van der Waals surface area contributed by atoms with Gasteiger partial charge in [0.1, 0.15) is 0 Å². The highest BCUT2D eigenvalue weighted by atomic mass is 32.1. The van der Waals surface area contributed by atoms with E-state index in [4.69, 9.17) is 4.74 Å². The standard InChI is InChI=1S/C11H10N2O2S2/c14-10(8-2-1-5-16-8)13-11-12-7-3-4-15-6-9(7)17-11/h1-2,5H,3-4,6H2,(H,12,13,14). The van der Waals surface area contributed by atoms with Gasteiger partial charge in [0.25, 0.3) is 5.91 Å². The molecule has 0 unspecified atom stereocenters. The Morgan fingerprint density at radius 1 is 1.53 bits per heavy atom. The van der Waals surface area contributed by atoms with Crippen molar-refractivity contribution in [1.82, 2.24) is 4.98 Å². The molecule has 17 heavy (non-hydrogen) atoms. The van der Waals surface area contributed by atoms with E-state index < -0.39 is 0 Å². The number of aromatic nitrogens is 1. The maximum absolute atomic E-state index is 11.8. The highest BCUT2D eigenvalue weighted by molar-refractivity contribution is 7.16. The second-order valence-corrected chi connectivity index (χ2v) is 5.65. The molecule has 3 heterocycles. The van der Waals surface area contributed by atoms with Crippen LogP contribution in [0, 0.1) is 0 Å². The number of anilines is 1. The van der Waals surface area contributed by atoms with E-state index in [2.05, 4.69) is 10.3 Å². The van der Waals surface area contributed by atoms with Crippen molar-refractivity contribution >= 4 is 33.7 Å². The predicted octanol–water partition coefficient (Wildman–Crippen LogP) is 2.53. The van der Waals surface area contributed by atoms with Crippen LogP contribution in [0.3, 0.4) is 0 Å². The fourth-order valence-electron chi connectivity index (χ4n) is 1.65. The molecule has 2 aromatic heterocycles. The molecule has 1 aliphatic heterocycles. The third kappa shape index (κ3) is 2.24. The minimum atomic E-state index is -0.0907. The molecular formula is C11H10N2O2S2. The number of carbonyl (C=O) groups excluding carboxylic acids is 1. The molecule has 0 saturated heterocycles. The Balaban J connectivity index is 1.77. The number of fused-ring (bicyclic) bond motifs is 1. The van der Waals surface area contributed by atoms with Crippen molar-refractivity contribution in [3.63, 3.8) is 0 Å². The van der Waals surface area contributed by atoms with Crippen molar-refractivity contribution in [1.29, 1.82) is 0 Å². The molecule has 2 aromatic rings. The molecule has 0 aliphatic carbocycles. The van der Waals surface area contributed by atoms with Crippen LogP contribution in [-0.4, -0.2) is 17.5 Å². The third-order valence-corrected chi connectivity index (χ3v) is 4.32. The van der Waals surface area contributed by atoms with Gasteiger partial charge in [0, 0.05) is 6.42 Å². The monoisotopic (exact) mass is 266 g/mol. The number of hydrogen-bond donors (Lipinski definition) is 1. The van der Waals surface area contributed by atoms with Gasteiger partial charge in [0.15, 0.2) is 5.13 Å². The van der Waals surface area contributed by atoms with Gasteiger partial charge < -0.3 is 4.74 Å². The number of rotatable bonds is 2. The summed E-state index contributed by atoms with van der Waals surface area (Å²) in [4.78, 5) is 18.1. The zero-order chi connectivity index (χ0) is 11.7. The lowest BCUT2D eigenvalue weighted by Gasteiger charge is -2.08.